The highest BCUT2D eigenvalue weighted by atomic mass is 16.3. The Hall–Kier alpha value is -1.14. The Labute approximate surface area is 181 Å². The minimum Gasteiger partial charge on any atom is -0.388 e. The summed E-state index contributed by atoms with van der Waals surface area (Å²) in [6.45, 7) is 8.39. The lowest BCUT2D eigenvalue weighted by Crippen LogP contribution is -2.70. The molecule has 2 atom stereocenters. The maximum atomic E-state index is 14.1. The third-order valence-corrected chi connectivity index (χ3v) is 8.06. The van der Waals surface area contributed by atoms with E-state index in [4.69, 9.17) is 5.73 Å². The van der Waals surface area contributed by atoms with E-state index in [0.717, 1.165) is 19.3 Å². The highest BCUT2D eigenvalue weighted by Gasteiger charge is 2.59. The van der Waals surface area contributed by atoms with Crippen LogP contribution in [0, 0.1) is 17.3 Å². The second kappa shape index (κ2) is 8.42. The number of primary amides is 1. The summed E-state index contributed by atoms with van der Waals surface area (Å²) in [7, 11) is 0. The molecule has 0 bridgehead atoms. The second-order valence-corrected chi connectivity index (χ2v) is 11.2. The minimum absolute atomic E-state index is 0.252. The molecule has 6 nitrogen and oxygen atoms in total. The van der Waals surface area contributed by atoms with Crippen molar-refractivity contribution in [3.8, 4) is 0 Å². The van der Waals surface area contributed by atoms with E-state index >= 15 is 0 Å². The molecule has 3 rings (SSSR count). The molecule has 0 aromatic rings. The van der Waals surface area contributed by atoms with E-state index in [1.54, 1.807) is 4.90 Å². The molecule has 0 heterocycles. The first-order valence-corrected chi connectivity index (χ1v) is 12.0. The van der Waals surface area contributed by atoms with Gasteiger partial charge in [0.05, 0.1) is 23.3 Å². The summed E-state index contributed by atoms with van der Waals surface area (Å²) < 4.78 is 0. The quantitative estimate of drug-likeness (QED) is 0.471. The lowest BCUT2D eigenvalue weighted by molar-refractivity contribution is -0.192. The van der Waals surface area contributed by atoms with Crippen LogP contribution in [0.5, 0.6) is 0 Å². The lowest BCUT2D eigenvalue weighted by Gasteiger charge is -2.58. The second-order valence-electron chi connectivity index (χ2n) is 11.2. The zero-order valence-electron chi connectivity index (χ0n) is 19.3. The topological polar surface area (TPSA) is 104 Å². The molecule has 3 fully saturated rings. The fourth-order valence-electron chi connectivity index (χ4n) is 5.66. The zero-order valence-corrected chi connectivity index (χ0v) is 19.3. The zero-order chi connectivity index (χ0) is 22.3. The molecule has 6 heteroatoms. The highest BCUT2D eigenvalue weighted by Crippen LogP contribution is 2.50. The number of rotatable bonds is 10. The van der Waals surface area contributed by atoms with Crippen molar-refractivity contribution in [3.05, 3.63) is 0 Å². The largest absolute Gasteiger partial charge is 0.388 e. The van der Waals surface area contributed by atoms with Crippen molar-refractivity contribution in [2.45, 2.75) is 122 Å². The van der Waals surface area contributed by atoms with E-state index < -0.39 is 34.6 Å². The highest BCUT2D eigenvalue weighted by molar-refractivity contribution is 6.05. The van der Waals surface area contributed by atoms with Crippen molar-refractivity contribution in [1.29, 1.82) is 0 Å². The summed E-state index contributed by atoms with van der Waals surface area (Å²) in [5.41, 5.74) is 2.70. The van der Waals surface area contributed by atoms with Crippen LogP contribution in [0.4, 0.5) is 0 Å². The van der Waals surface area contributed by atoms with Gasteiger partial charge < -0.3 is 20.8 Å². The molecular formula is C24H42N2O4. The number of nitrogens with zero attached hydrogens (tertiary/aromatic N) is 1. The lowest BCUT2D eigenvalue weighted by atomic mass is 9.63. The Balaban J connectivity index is 2.08. The molecule has 3 aliphatic carbocycles. The van der Waals surface area contributed by atoms with Crippen molar-refractivity contribution >= 4 is 11.8 Å². The molecular weight excluding hydrogens is 380 g/mol. The molecule has 172 valence electrons. The van der Waals surface area contributed by atoms with Gasteiger partial charge in [0.1, 0.15) is 5.41 Å². The average Bonchev–Trinajstić information content (AvgIpc) is 2.54. The van der Waals surface area contributed by atoms with E-state index in [9.17, 15) is 19.8 Å². The Bertz CT molecular complexity index is 614. The number of nitrogens with two attached hydrogens (primary N) is 1. The maximum absolute atomic E-state index is 14.1. The van der Waals surface area contributed by atoms with Gasteiger partial charge >= 0.3 is 0 Å². The van der Waals surface area contributed by atoms with Crippen LogP contribution in [0.1, 0.15) is 98.3 Å². The van der Waals surface area contributed by atoms with E-state index in [1.165, 1.54) is 0 Å². The van der Waals surface area contributed by atoms with Gasteiger partial charge in [-0.3, -0.25) is 9.59 Å². The molecule has 0 radical (unpaired) electrons. The monoisotopic (exact) mass is 422 g/mol. The van der Waals surface area contributed by atoms with Gasteiger partial charge in [0.25, 0.3) is 0 Å². The van der Waals surface area contributed by atoms with Gasteiger partial charge in [0.2, 0.25) is 11.8 Å². The summed E-state index contributed by atoms with van der Waals surface area (Å²) in [5, 5.41) is 23.0. The number of amides is 2. The first-order chi connectivity index (χ1) is 14.0. The van der Waals surface area contributed by atoms with Gasteiger partial charge in [0.15, 0.2) is 0 Å². The Kier molecular flexibility index (Phi) is 6.60. The van der Waals surface area contributed by atoms with Crippen LogP contribution in [0.25, 0.3) is 0 Å². The van der Waals surface area contributed by atoms with E-state index in [2.05, 4.69) is 27.7 Å². The molecule has 0 aliphatic heterocycles. The van der Waals surface area contributed by atoms with E-state index in [1.807, 2.05) is 0 Å². The molecule has 3 saturated carbocycles. The Morgan fingerprint density at radius 2 is 1.17 bits per heavy atom. The van der Waals surface area contributed by atoms with Crippen LogP contribution in [0.15, 0.2) is 0 Å². The normalized spacial score (nSPS) is 25.6. The first kappa shape index (κ1) is 23.5. The van der Waals surface area contributed by atoms with E-state index in [0.29, 0.717) is 51.4 Å². The smallest absolute Gasteiger partial charge is 0.238 e. The average molecular weight is 423 g/mol. The van der Waals surface area contributed by atoms with Gasteiger partial charge in [-0.25, -0.2) is 0 Å². The van der Waals surface area contributed by atoms with Crippen molar-refractivity contribution in [3.63, 3.8) is 0 Å². The van der Waals surface area contributed by atoms with Crippen LogP contribution in [0.2, 0.25) is 0 Å². The Morgan fingerprint density at radius 3 is 1.37 bits per heavy atom. The van der Waals surface area contributed by atoms with Gasteiger partial charge in [0, 0.05) is 0 Å². The third-order valence-electron chi connectivity index (χ3n) is 8.06. The number of carbonyl (C=O) groups is 2. The van der Waals surface area contributed by atoms with Gasteiger partial charge in [-0.1, -0.05) is 34.1 Å². The molecule has 0 aromatic heterocycles. The minimum atomic E-state index is -1.18. The third kappa shape index (κ3) is 4.02. The first-order valence-electron chi connectivity index (χ1n) is 12.0. The molecule has 2 amide bonds. The fraction of sp³-hybridized carbons (Fsp3) is 0.917. The predicted octanol–water partition coefficient (Wildman–Crippen LogP) is 3.13. The molecule has 30 heavy (non-hydrogen) atoms. The van der Waals surface area contributed by atoms with Crippen LogP contribution in [0.3, 0.4) is 0 Å². The van der Waals surface area contributed by atoms with Crippen molar-refractivity contribution in [2.24, 2.45) is 23.0 Å². The van der Waals surface area contributed by atoms with Gasteiger partial charge in [-0.2, -0.15) is 0 Å². The summed E-state index contributed by atoms with van der Waals surface area (Å²) in [6, 6.07) is -0.798. The maximum Gasteiger partial charge on any atom is 0.238 e. The number of hydrogen-bond donors (Lipinski definition) is 3. The van der Waals surface area contributed by atoms with E-state index in [-0.39, 0.29) is 17.7 Å². The molecule has 0 unspecified atom stereocenters. The number of hydrogen-bond acceptors (Lipinski definition) is 4. The van der Waals surface area contributed by atoms with Crippen LogP contribution >= 0.6 is 0 Å². The molecule has 4 N–H and O–H groups in total. The van der Waals surface area contributed by atoms with Crippen LogP contribution in [-0.4, -0.2) is 50.2 Å². The van der Waals surface area contributed by atoms with Crippen molar-refractivity contribution < 1.29 is 19.8 Å². The standard InChI is InChI=1S/C24H42N2O4/c1-16(2)14-18(23(29)10-6-11-23)26(21(28)22(20(25)27)8-5-9-22)19(15-17(3)4)24(30)12-7-13-24/h16-19,29-30H,5-15H2,1-4H3,(H2,25,27)/t18-,19-/m1/s1. The predicted molar refractivity (Wildman–Crippen MR) is 116 cm³/mol. The molecule has 3 aliphatic rings. The molecule has 0 spiro atoms. The van der Waals surface area contributed by atoms with Gasteiger partial charge in [-0.05, 0) is 76.0 Å². The van der Waals surface area contributed by atoms with Crippen LogP contribution < -0.4 is 5.73 Å². The van der Waals surface area contributed by atoms with Crippen LogP contribution in [-0.2, 0) is 9.59 Å². The summed E-state index contributed by atoms with van der Waals surface area (Å²) >= 11 is 0. The van der Waals surface area contributed by atoms with Gasteiger partial charge in [-0.15, -0.1) is 0 Å². The SMILES string of the molecule is CC(C)C[C@@H](N(C(=O)C1(C(N)=O)CCC1)[C@H](CC(C)C)C1(O)CCC1)C1(O)CCC1. The van der Waals surface area contributed by atoms with Crippen molar-refractivity contribution in [2.75, 3.05) is 0 Å². The fourth-order valence-corrected chi connectivity index (χ4v) is 5.66. The Morgan fingerprint density at radius 1 is 0.800 bits per heavy atom. The number of aliphatic hydroxyl groups is 2. The number of carbonyl (C=O) groups excluding carboxylic acids is 2. The summed E-state index contributed by atoms with van der Waals surface area (Å²) in [4.78, 5) is 28.4. The summed E-state index contributed by atoms with van der Waals surface area (Å²) in [5.74, 6) is -0.261. The molecule has 0 aromatic carbocycles. The molecule has 0 saturated heterocycles. The van der Waals surface area contributed by atoms with Crippen molar-refractivity contribution in [1.82, 2.24) is 4.90 Å². The summed E-state index contributed by atoms with van der Waals surface area (Å²) in [6.07, 6.45) is 7.56.